The van der Waals surface area contributed by atoms with Crippen LogP contribution in [0.1, 0.15) is 50.5 Å². The summed E-state index contributed by atoms with van der Waals surface area (Å²) in [5, 5.41) is 6.18. The molecule has 29 heavy (non-hydrogen) atoms. The van der Waals surface area contributed by atoms with Crippen molar-refractivity contribution in [2.75, 3.05) is 13.2 Å². The van der Waals surface area contributed by atoms with Crippen molar-refractivity contribution in [3.8, 4) is 5.75 Å². The molecule has 0 radical (unpaired) electrons. The molecule has 0 spiro atoms. The minimum absolute atomic E-state index is 0.105. The molecule has 1 unspecified atom stereocenters. The summed E-state index contributed by atoms with van der Waals surface area (Å²) in [5.41, 5.74) is 1.34. The maximum atomic E-state index is 12.4. The fraction of sp³-hybridized carbons (Fsp3) is 0.696. The lowest BCUT2D eigenvalue weighted by Gasteiger charge is -2.24. The van der Waals surface area contributed by atoms with Crippen LogP contribution >= 0.6 is 0 Å². The first kappa shape index (κ1) is 19.2. The number of benzene rings is 1. The molecule has 2 heterocycles. The lowest BCUT2D eigenvalue weighted by molar-refractivity contribution is 0.0303. The van der Waals surface area contributed by atoms with E-state index in [0.29, 0.717) is 19.3 Å². The minimum Gasteiger partial charge on any atom is -0.485 e. The Labute approximate surface area is 172 Å². The summed E-state index contributed by atoms with van der Waals surface area (Å²) < 4.78 is 18.2. The quantitative estimate of drug-likeness (QED) is 0.770. The molecule has 6 nitrogen and oxygen atoms in total. The van der Waals surface area contributed by atoms with E-state index in [0.717, 1.165) is 30.9 Å². The average molecular weight is 401 g/mol. The van der Waals surface area contributed by atoms with Gasteiger partial charge in [0.25, 0.3) is 0 Å². The summed E-state index contributed by atoms with van der Waals surface area (Å²) >= 11 is 0. The van der Waals surface area contributed by atoms with Gasteiger partial charge in [-0.15, -0.1) is 0 Å². The molecular formula is C23H32N2O4. The molecular weight excluding hydrogens is 368 g/mol. The van der Waals surface area contributed by atoms with Crippen LogP contribution in [0.15, 0.2) is 24.3 Å². The van der Waals surface area contributed by atoms with E-state index in [-0.39, 0.29) is 30.4 Å². The fourth-order valence-corrected chi connectivity index (χ4v) is 4.91. The van der Waals surface area contributed by atoms with Crippen LogP contribution in [0.5, 0.6) is 5.75 Å². The number of hydrogen-bond acceptors (Lipinski definition) is 4. The second-order valence-corrected chi connectivity index (χ2v) is 9.11. The standard InChI is InChI=1S/C23H32N2O4/c26-23(24-17-6-2-1-3-7-17)25-19-13-27-22-20(14-28-21(19)22)29-18-8-4-5-16(12-18)11-15-9-10-15/h4-5,8,12,15,17,19-22H,1-3,6-7,9-11,13-14H2,(H2,24,25,26)/t19-,20+,21?,22-/m1/s1. The summed E-state index contributed by atoms with van der Waals surface area (Å²) in [6, 6.07) is 8.46. The summed E-state index contributed by atoms with van der Waals surface area (Å²) in [7, 11) is 0. The van der Waals surface area contributed by atoms with Gasteiger partial charge in [-0.2, -0.15) is 0 Å². The van der Waals surface area contributed by atoms with Crippen molar-refractivity contribution in [2.24, 2.45) is 5.92 Å². The van der Waals surface area contributed by atoms with Crippen LogP contribution in [-0.2, 0) is 15.9 Å². The topological polar surface area (TPSA) is 68.8 Å². The SMILES string of the molecule is O=C(NC1CCCCC1)N[C@@H]1CO[C@H]2C1OC[C@@H]2Oc1cccc(CC2CC2)c1. The predicted octanol–water partition coefficient (Wildman–Crippen LogP) is 3.18. The van der Waals surface area contributed by atoms with E-state index in [1.165, 1.54) is 37.7 Å². The summed E-state index contributed by atoms with van der Waals surface area (Å²) in [6.45, 7) is 0.958. The van der Waals surface area contributed by atoms with Gasteiger partial charge < -0.3 is 24.8 Å². The lowest BCUT2D eigenvalue weighted by Crippen LogP contribution is -2.51. The molecule has 2 N–H and O–H groups in total. The molecule has 6 heteroatoms. The second-order valence-electron chi connectivity index (χ2n) is 9.11. The number of carbonyl (C=O) groups excluding carboxylic acids is 1. The van der Waals surface area contributed by atoms with Crippen LogP contribution in [0.25, 0.3) is 0 Å². The Balaban J connectivity index is 1.13. The average Bonchev–Trinajstić information content (AvgIpc) is 3.31. The first-order valence-corrected chi connectivity index (χ1v) is 11.3. The molecule has 4 aliphatic rings. The highest BCUT2D eigenvalue weighted by molar-refractivity contribution is 5.74. The number of amides is 2. The van der Waals surface area contributed by atoms with Crippen molar-refractivity contribution in [2.45, 2.75) is 81.8 Å². The highest BCUT2D eigenvalue weighted by atomic mass is 16.6. The molecule has 2 amide bonds. The van der Waals surface area contributed by atoms with Crippen LogP contribution in [0.2, 0.25) is 0 Å². The first-order chi connectivity index (χ1) is 14.2. The van der Waals surface area contributed by atoms with E-state index in [1.54, 1.807) is 0 Å². The van der Waals surface area contributed by atoms with Crippen molar-refractivity contribution in [3.05, 3.63) is 29.8 Å². The van der Waals surface area contributed by atoms with Crippen molar-refractivity contribution < 1.29 is 19.0 Å². The highest BCUT2D eigenvalue weighted by Crippen LogP contribution is 2.34. The fourth-order valence-electron chi connectivity index (χ4n) is 4.91. The Morgan fingerprint density at radius 2 is 1.83 bits per heavy atom. The van der Waals surface area contributed by atoms with Crippen molar-refractivity contribution >= 4 is 6.03 Å². The number of nitrogens with one attached hydrogen (secondary N) is 2. The van der Waals surface area contributed by atoms with Crippen molar-refractivity contribution in [3.63, 3.8) is 0 Å². The van der Waals surface area contributed by atoms with Crippen molar-refractivity contribution in [1.29, 1.82) is 0 Å². The van der Waals surface area contributed by atoms with Gasteiger partial charge in [0, 0.05) is 6.04 Å². The zero-order valence-corrected chi connectivity index (χ0v) is 17.0. The third-order valence-electron chi connectivity index (χ3n) is 6.67. The monoisotopic (exact) mass is 400 g/mol. The number of urea groups is 1. The molecule has 5 rings (SSSR count). The number of rotatable bonds is 6. The Kier molecular flexibility index (Phi) is 5.64. The smallest absolute Gasteiger partial charge is 0.315 e. The van der Waals surface area contributed by atoms with Crippen molar-refractivity contribution in [1.82, 2.24) is 10.6 Å². The summed E-state index contributed by atoms with van der Waals surface area (Å²) in [6.07, 6.45) is 9.25. The normalized spacial score (nSPS) is 32.0. The van der Waals surface area contributed by atoms with E-state index in [9.17, 15) is 4.79 Å². The van der Waals surface area contributed by atoms with Gasteiger partial charge in [0.2, 0.25) is 0 Å². The van der Waals surface area contributed by atoms with E-state index in [1.807, 2.05) is 6.07 Å². The molecule has 2 aliphatic carbocycles. The van der Waals surface area contributed by atoms with Gasteiger partial charge in [0.1, 0.15) is 18.0 Å². The predicted molar refractivity (Wildman–Crippen MR) is 109 cm³/mol. The van der Waals surface area contributed by atoms with Gasteiger partial charge in [-0.25, -0.2) is 4.79 Å². The summed E-state index contributed by atoms with van der Waals surface area (Å²) in [5.74, 6) is 1.74. The molecule has 0 aromatic heterocycles. The first-order valence-electron chi connectivity index (χ1n) is 11.3. The van der Waals surface area contributed by atoms with E-state index < -0.39 is 0 Å². The molecule has 2 saturated heterocycles. The lowest BCUT2D eigenvalue weighted by atomic mass is 9.96. The van der Waals surface area contributed by atoms with E-state index in [4.69, 9.17) is 14.2 Å². The van der Waals surface area contributed by atoms with Gasteiger partial charge in [-0.3, -0.25) is 0 Å². The number of fused-ring (bicyclic) bond motifs is 1. The number of hydrogen-bond donors (Lipinski definition) is 2. The molecule has 2 saturated carbocycles. The van der Waals surface area contributed by atoms with Gasteiger partial charge >= 0.3 is 6.03 Å². The molecule has 2 aliphatic heterocycles. The largest absolute Gasteiger partial charge is 0.485 e. The Bertz CT molecular complexity index is 717. The van der Waals surface area contributed by atoms with Crippen LogP contribution < -0.4 is 15.4 Å². The summed E-state index contributed by atoms with van der Waals surface area (Å²) in [4.78, 5) is 12.4. The van der Waals surface area contributed by atoms with Crippen LogP contribution in [-0.4, -0.2) is 49.6 Å². The van der Waals surface area contributed by atoms with Crippen LogP contribution in [0, 0.1) is 5.92 Å². The Hall–Kier alpha value is -1.79. The highest BCUT2D eigenvalue weighted by Gasteiger charge is 2.49. The maximum absolute atomic E-state index is 12.4. The third kappa shape index (κ3) is 4.69. The van der Waals surface area contributed by atoms with Gasteiger partial charge in [-0.05, 0) is 55.7 Å². The zero-order chi connectivity index (χ0) is 19.6. The molecule has 1 aromatic carbocycles. The Morgan fingerprint density at radius 1 is 1.00 bits per heavy atom. The second kappa shape index (κ2) is 8.52. The molecule has 158 valence electrons. The maximum Gasteiger partial charge on any atom is 0.315 e. The van der Waals surface area contributed by atoms with E-state index in [2.05, 4.69) is 28.8 Å². The number of carbonyl (C=O) groups is 1. The van der Waals surface area contributed by atoms with Crippen LogP contribution in [0.4, 0.5) is 4.79 Å². The zero-order valence-electron chi connectivity index (χ0n) is 17.0. The molecule has 1 aromatic rings. The minimum atomic E-state index is -0.147. The Morgan fingerprint density at radius 3 is 2.66 bits per heavy atom. The molecule has 4 atom stereocenters. The third-order valence-corrected chi connectivity index (χ3v) is 6.67. The van der Waals surface area contributed by atoms with Gasteiger partial charge in [-0.1, -0.05) is 31.4 Å². The molecule has 4 fully saturated rings. The molecule has 0 bridgehead atoms. The van der Waals surface area contributed by atoms with E-state index >= 15 is 0 Å². The number of ether oxygens (including phenoxy) is 3. The van der Waals surface area contributed by atoms with Gasteiger partial charge in [0.05, 0.1) is 19.3 Å². The van der Waals surface area contributed by atoms with Crippen LogP contribution in [0.3, 0.4) is 0 Å². The van der Waals surface area contributed by atoms with Gasteiger partial charge in [0.15, 0.2) is 6.10 Å².